The maximum Gasteiger partial charge on any atom is 0.323 e. The zero-order valence-corrected chi connectivity index (χ0v) is 13.6. The van der Waals surface area contributed by atoms with Gasteiger partial charge in [0.25, 0.3) is 0 Å². The molecule has 3 atom stereocenters. The van der Waals surface area contributed by atoms with Crippen molar-refractivity contribution in [2.75, 3.05) is 7.11 Å². The number of aromatic nitrogens is 2. The second kappa shape index (κ2) is 6.36. The van der Waals surface area contributed by atoms with Crippen molar-refractivity contribution < 1.29 is 14.1 Å². The third-order valence-electron chi connectivity index (χ3n) is 5.00. The van der Waals surface area contributed by atoms with Crippen molar-refractivity contribution in [2.24, 2.45) is 5.92 Å². The Labute approximate surface area is 131 Å². The van der Waals surface area contributed by atoms with Gasteiger partial charge in [-0.15, -0.1) is 0 Å². The molecule has 0 spiro atoms. The van der Waals surface area contributed by atoms with Gasteiger partial charge in [0.2, 0.25) is 5.89 Å². The van der Waals surface area contributed by atoms with E-state index >= 15 is 0 Å². The predicted molar refractivity (Wildman–Crippen MR) is 80.1 cm³/mol. The van der Waals surface area contributed by atoms with Crippen LogP contribution in [0.5, 0.6) is 0 Å². The van der Waals surface area contributed by atoms with E-state index in [9.17, 15) is 4.79 Å². The maximum absolute atomic E-state index is 12.1. The first-order valence-electron chi connectivity index (χ1n) is 8.26. The highest BCUT2D eigenvalue weighted by Crippen LogP contribution is 2.40. The summed E-state index contributed by atoms with van der Waals surface area (Å²) >= 11 is 0. The van der Waals surface area contributed by atoms with Crippen LogP contribution in [0, 0.1) is 5.92 Å². The minimum atomic E-state index is -0.168. The molecule has 0 bridgehead atoms. The zero-order valence-electron chi connectivity index (χ0n) is 13.6. The summed E-state index contributed by atoms with van der Waals surface area (Å²) in [5.41, 5.74) is 0. The van der Waals surface area contributed by atoms with Crippen molar-refractivity contribution in [1.29, 1.82) is 0 Å². The summed E-state index contributed by atoms with van der Waals surface area (Å²) in [5.74, 6) is 2.00. The highest BCUT2D eigenvalue weighted by atomic mass is 16.5. The molecular formula is C16H25N3O3. The average molecular weight is 307 g/mol. The van der Waals surface area contributed by atoms with E-state index in [2.05, 4.69) is 15.0 Å². The van der Waals surface area contributed by atoms with Gasteiger partial charge in [0.15, 0.2) is 5.82 Å². The molecule has 122 valence electrons. The molecule has 0 aromatic carbocycles. The fraction of sp³-hybridized carbons (Fsp3) is 0.812. The molecule has 1 aromatic rings. The number of carbonyl (C=O) groups excluding carboxylic acids is 1. The van der Waals surface area contributed by atoms with Gasteiger partial charge in [-0.2, -0.15) is 4.98 Å². The Kier molecular flexibility index (Phi) is 4.47. The first-order valence-corrected chi connectivity index (χ1v) is 8.26. The van der Waals surface area contributed by atoms with Gasteiger partial charge < -0.3 is 9.26 Å². The molecule has 0 amide bonds. The topological polar surface area (TPSA) is 68.5 Å². The van der Waals surface area contributed by atoms with E-state index in [1.165, 1.54) is 26.4 Å². The van der Waals surface area contributed by atoms with Crippen LogP contribution in [0.3, 0.4) is 0 Å². The van der Waals surface area contributed by atoms with Crippen molar-refractivity contribution >= 4 is 5.97 Å². The van der Waals surface area contributed by atoms with Crippen molar-refractivity contribution in [3.8, 4) is 0 Å². The smallest absolute Gasteiger partial charge is 0.323 e. The minimum absolute atomic E-state index is 0.137. The summed E-state index contributed by atoms with van der Waals surface area (Å²) in [6.07, 6.45) is 5.75. The summed E-state index contributed by atoms with van der Waals surface area (Å²) < 4.78 is 10.3. The second-order valence-corrected chi connectivity index (χ2v) is 6.76. The summed E-state index contributed by atoms with van der Waals surface area (Å²) in [6, 6.07) is 0.276. The number of fused-ring (bicyclic) bond motifs is 1. The molecule has 22 heavy (non-hydrogen) atoms. The van der Waals surface area contributed by atoms with E-state index in [0.29, 0.717) is 30.2 Å². The zero-order chi connectivity index (χ0) is 15.7. The molecule has 1 aliphatic heterocycles. The van der Waals surface area contributed by atoms with Gasteiger partial charge in [-0.3, -0.25) is 9.69 Å². The first-order chi connectivity index (χ1) is 10.6. The maximum atomic E-state index is 12.1. The molecule has 2 aliphatic rings. The van der Waals surface area contributed by atoms with Crippen LogP contribution in [0.15, 0.2) is 4.52 Å². The first kappa shape index (κ1) is 15.5. The lowest BCUT2D eigenvalue weighted by molar-refractivity contribution is -0.146. The number of hydrogen-bond donors (Lipinski definition) is 0. The molecule has 2 heterocycles. The third-order valence-corrected chi connectivity index (χ3v) is 5.00. The Hall–Kier alpha value is -1.43. The Morgan fingerprint density at radius 2 is 2.18 bits per heavy atom. The van der Waals surface area contributed by atoms with Gasteiger partial charge in [0, 0.05) is 12.0 Å². The molecule has 2 fully saturated rings. The van der Waals surface area contributed by atoms with Gasteiger partial charge in [-0.25, -0.2) is 0 Å². The number of ether oxygens (including phenoxy) is 1. The number of carbonyl (C=O) groups is 1. The Balaban J connectivity index is 1.78. The largest absolute Gasteiger partial charge is 0.468 e. The highest BCUT2D eigenvalue weighted by Gasteiger charge is 2.45. The molecule has 6 heteroatoms. The van der Waals surface area contributed by atoms with Crippen LogP contribution in [0.1, 0.15) is 63.6 Å². The number of likely N-dealkylation sites (tertiary alicyclic amines) is 1. The van der Waals surface area contributed by atoms with E-state index in [0.717, 1.165) is 12.8 Å². The van der Waals surface area contributed by atoms with E-state index in [4.69, 9.17) is 9.26 Å². The monoisotopic (exact) mass is 307 g/mol. The van der Waals surface area contributed by atoms with Crippen LogP contribution in [-0.4, -0.2) is 40.2 Å². The molecule has 0 radical (unpaired) electrons. The summed E-state index contributed by atoms with van der Waals surface area (Å²) in [6.45, 7) is 4.63. The number of methoxy groups -OCH3 is 1. The quantitative estimate of drug-likeness (QED) is 0.796. The molecular weight excluding hydrogens is 282 g/mol. The van der Waals surface area contributed by atoms with Crippen LogP contribution >= 0.6 is 0 Å². The van der Waals surface area contributed by atoms with Crippen LogP contribution in [-0.2, 0) is 16.1 Å². The van der Waals surface area contributed by atoms with Gasteiger partial charge in [-0.1, -0.05) is 31.8 Å². The molecule has 0 unspecified atom stereocenters. The van der Waals surface area contributed by atoms with E-state index in [1.807, 2.05) is 13.8 Å². The van der Waals surface area contributed by atoms with Crippen molar-refractivity contribution in [1.82, 2.24) is 15.0 Å². The van der Waals surface area contributed by atoms with Crippen LogP contribution in [0.2, 0.25) is 0 Å². The summed E-state index contributed by atoms with van der Waals surface area (Å²) in [4.78, 5) is 18.8. The number of hydrogen-bond acceptors (Lipinski definition) is 6. The lowest BCUT2D eigenvalue weighted by Gasteiger charge is -2.32. The van der Waals surface area contributed by atoms with Crippen LogP contribution < -0.4 is 0 Å². The number of nitrogens with zero attached hydrogens (tertiary/aromatic N) is 3. The molecule has 1 aromatic heterocycles. The van der Waals surface area contributed by atoms with Crippen LogP contribution in [0.25, 0.3) is 0 Å². The Bertz CT molecular complexity index is 528. The van der Waals surface area contributed by atoms with Crippen molar-refractivity contribution in [2.45, 2.75) is 70.5 Å². The molecule has 1 saturated carbocycles. The average Bonchev–Trinajstić information content (AvgIpc) is 3.12. The molecule has 6 nitrogen and oxygen atoms in total. The van der Waals surface area contributed by atoms with Crippen molar-refractivity contribution in [3.05, 3.63) is 11.7 Å². The molecule has 0 N–H and O–H groups in total. The molecule has 1 aliphatic carbocycles. The third kappa shape index (κ3) is 2.89. The minimum Gasteiger partial charge on any atom is -0.468 e. The second-order valence-electron chi connectivity index (χ2n) is 6.76. The highest BCUT2D eigenvalue weighted by molar-refractivity contribution is 5.76. The van der Waals surface area contributed by atoms with E-state index in [1.54, 1.807) is 0 Å². The lowest BCUT2D eigenvalue weighted by Crippen LogP contribution is -2.42. The van der Waals surface area contributed by atoms with Gasteiger partial charge in [0.1, 0.15) is 6.04 Å². The van der Waals surface area contributed by atoms with Gasteiger partial charge in [0.05, 0.1) is 13.7 Å². The van der Waals surface area contributed by atoms with E-state index < -0.39 is 0 Å². The fourth-order valence-electron chi connectivity index (χ4n) is 3.88. The van der Waals surface area contributed by atoms with Crippen LogP contribution in [0.4, 0.5) is 0 Å². The standard InChI is InChI=1S/C16H25N3O3/c1-10(2)15-17-14(18-22-15)9-19-12-7-5-4-6-11(12)8-13(19)16(20)21-3/h10-13H,4-9H2,1-3H3/t11-,12-,13-/m0/s1. The van der Waals surface area contributed by atoms with E-state index in [-0.39, 0.29) is 17.9 Å². The normalized spacial score (nSPS) is 28.8. The van der Waals surface area contributed by atoms with Gasteiger partial charge >= 0.3 is 5.97 Å². The number of rotatable bonds is 4. The van der Waals surface area contributed by atoms with Crippen molar-refractivity contribution in [3.63, 3.8) is 0 Å². The Morgan fingerprint density at radius 3 is 2.86 bits per heavy atom. The summed E-state index contributed by atoms with van der Waals surface area (Å²) in [5, 5.41) is 4.08. The number of esters is 1. The fourth-order valence-corrected chi connectivity index (χ4v) is 3.88. The Morgan fingerprint density at radius 1 is 1.41 bits per heavy atom. The van der Waals surface area contributed by atoms with Gasteiger partial charge in [-0.05, 0) is 25.2 Å². The molecule has 3 rings (SSSR count). The SMILES string of the molecule is COC(=O)[C@@H]1C[C@@H]2CCCC[C@@H]2N1Cc1noc(C(C)C)n1. The summed E-state index contributed by atoms with van der Waals surface area (Å²) in [7, 11) is 1.47. The predicted octanol–water partition coefficient (Wildman–Crippen LogP) is 2.50. The lowest BCUT2D eigenvalue weighted by atomic mass is 9.85. The molecule has 1 saturated heterocycles.